The topological polar surface area (TPSA) is 93.6 Å². The van der Waals surface area contributed by atoms with Crippen LogP contribution in [0.25, 0.3) is 28.0 Å². The zero-order valence-electron chi connectivity index (χ0n) is 15.4. The quantitative estimate of drug-likeness (QED) is 0.308. The maximum absolute atomic E-state index is 14.3. The van der Waals surface area contributed by atoms with E-state index in [0.717, 1.165) is 16.6 Å². The monoisotopic (exact) mass is 421 g/mol. The minimum Gasteiger partial charge on any atom is -0.493 e. The van der Waals surface area contributed by atoms with Gasteiger partial charge in [-0.1, -0.05) is 0 Å². The Bertz CT molecular complexity index is 1240. The average Bonchev–Trinajstić information content (AvgIpc) is 2.98. The summed E-state index contributed by atoms with van der Waals surface area (Å²) in [6, 6.07) is 10.2. The van der Waals surface area contributed by atoms with Crippen molar-refractivity contribution in [3.63, 3.8) is 0 Å². The molecule has 1 radical (unpaired) electrons. The van der Waals surface area contributed by atoms with Crippen LogP contribution in [0.15, 0.2) is 48.5 Å². The second-order valence-electron chi connectivity index (χ2n) is 6.12. The first-order valence-electron chi connectivity index (χ1n) is 8.15. The number of nitro benzene ring substituents is 1. The Morgan fingerprint density at radius 1 is 1.10 bits per heavy atom. The van der Waals surface area contributed by atoms with Crippen LogP contribution in [-0.2, 0) is 0 Å². The molecule has 0 aliphatic heterocycles. The fourth-order valence-corrected chi connectivity index (χ4v) is 3.02. The van der Waals surface area contributed by atoms with Gasteiger partial charge in [0.15, 0.2) is 5.65 Å². The van der Waals surface area contributed by atoms with Crippen molar-refractivity contribution in [1.82, 2.24) is 14.6 Å². The molecule has 0 saturated carbocycles. The summed E-state index contributed by atoms with van der Waals surface area (Å²) in [6.07, 6.45) is 0. The van der Waals surface area contributed by atoms with E-state index in [1.54, 1.807) is 6.92 Å². The standard InChI is InChI=1S/C19H12F2N4O3.K/c1-10-18(14-7-4-12(20)8-15(14)21)19-22-16(9-17(26)24(19)23-10)11-2-5-13(6-3-11)25(27)28;/h2-9,26H,1H3;. The second kappa shape index (κ2) is 8.24. The van der Waals surface area contributed by atoms with E-state index in [1.807, 2.05) is 0 Å². The van der Waals surface area contributed by atoms with Crippen LogP contribution in [-0.4, -0.2) is 76.0 Å². The molecular formula is C19H12F2KN4O3. The average molecular weight is 421 g/mol. The number of nitro groups is 1. The number of hydrogen-bond donors (Lipinski definition) is 1. The number of aromatic hydroxyl groups is 1. The second-order valence-corrected chi connectivity index (χ2v) is 6.12. The van der Waals surface area contributed by atoms with Gasteiger partial charge in [0.2, 0.25) is 5.88 Å². The molecule has 0 bridgehead atoms. The molecule has 1 N–H and O–H groups in total. The van der Waals surface area contributed by atoms with Crippen LogP contribution in [0.1, 0.15) is 5.69 Å². The molecule has 0 aliphatic rings. The summed E-state index contributed by atoms with van der Waals surface area (Å²) in [5, 5.41) is 25.3. The molecule has 2 heterocycles. The normalized spacial score (nSPS) is 10.7. The Morgan fingerprint density at radius 3 is 2.41 bits per heavy atom. The summed E-state index contributed by atoms with van der Waals surface area (Å²) in [5.74, 6) is -1.73. The molecule has 4 aromatic rings. The van der Waals surface area contributed by atoms with Gasteiger partial charge in [-0.2, -0.15) is 9.61 Å². The number of benzene rings is 2. The van der Waals surface area contributed by atoms with E-state index in [2.05, 4.69) is 10.1 Å². The Balaban J connectivity index is 0.00000240. The molecule has 7 nitrogen and oxygen atoms in total. The van der Waals surface area contributed by atoms with Crippen molar-refractivity contribution in [3.8, 4) is 28.3 Å². The summed E-state index contributed by atoms with van der Waals surface area (Å²) in [7, 11) is 0. The van der Waals surface area contributed by atoms with Gasteiger partial charge in [0.05, 0.1) is 21.9 Å². The van der Waals surface area contributed by atoms with Gasteiger partial charge in [-0.15, -0.1) is 0 Å². The summed E-state index contributed by atoms with van der Waals surface area (Å²) in [5.41, 5.74) is 1.75. The fraction of sp³-hybridized carbons (Fsp3) is 0.0526. The van der Waals surface area contributed by atoms with Crippen LogP contribution in [0.2, 0.25) is 0 Å². The van der Waals surface area contributed by atoms with Gasteiger partial charge in [0.1, 0.15) is 11.6 Å². The molecule has 0 fully saturated rings. The van der Waals surface area contributed by atoms with Gasteiger partial charge in [-0.05, 0) is 31.2 Å². The minimum absolute atomic E-state index is 0. The van der Waals surface area contributed by atoms with Gasteiger partial charge in [-0.25, -0.2) is 13.8 Å². The van der Waals surface area contributed by atoms with Crippen LogP contribution in [0, 0.1) is 28.7 Å². The van der Waals surface area contributed by atoms with Crippen molar-refractivity contribution in [2.75, 3.05) is 0 Å². The van der Waals surface area contributed by atoms with Crippen LogP contribution in [0.4, 0.5) is 14.5 Å². The Morgan fingerprint density at radius 2 is 1.79 bits per heavy atom. The van der Waals surface area contributed by atoms with Crippen molar-refractivity contribution < 1.29 is 18.8 Å². The number of rotatable bonds is 3. The molecule has 0 spiro atoms. The van der Waals surface area contributed by atoms with Gasteiger partial charge >= 0.3 is 0 Å². The predicted octanol–water partition coefficient (Wildman–Crippen LogP) is 3.88. The third-order valence-electron chi connectivity index (χ3n) is 4.32. The largest absolute Gasteiger partial charge is 0.493 e. The molecule has 2 aromatic carbocycles. The predicted molar refractivity (Wildman–Crippen MR) is 103 cm³/mol. The first-order valence-corrected chi connectivity index (χ1v) is 8.15. The van der Waals surface area contributed by atoms with E-state index >= 15 is 0 Å². The third-order valence-corrected chi connectivity index (χ3v) is 4.32. The SMILES string of the molecule is Cc1nn2c(O)cc(-c3ccc([N+](=O)[O-])cc3)nc2c1-c1ccc(F)cc1F.[K]. The van der Waals surface area contributed by atoms with E-state index < -0.39 is 16.6 Å². The van der Waals surface area contributed by atoms with E-state index in [1.165, 1.54) is 36.4 Å². The number of halogens is 2. The van der Waals surface area contributed by atoms with Crippen LogP contribution >= 0.6 is 0 Å². The van der Waals surface area contributed by atoms with E-state index in [-0.39, 0.29) is 74.2 Å². The summed E-state index contributed by atoms with van der Waals surface area (Å²) >= 11 is 0. The maximum Gasteiger partial charge on any atom is 0.269 e. The number of aryl methyl sites for hydroxylation is 1. The molecule has 10 heteroatoms. The zero-order chi connectivity index (χ0) is 20.0. The van der Waals surface area contributed by atoms with E-state index in [9.17, 15) is 24.0 Å². The van der Waals surface area contributed by atoms with Crippen molar-refractivity contribution in [2.24, 2.45) is 0 Å². The molecule has 0 amide bonds. The number of non-ortho nitro benzene ring substituents is 1. The summed E-state index contributed by atoms with van der Waals surface area (Å²) < 4.78 is 28.8. The molecule has 2 aromatic heterocycles. The van der Waals surface area contributed by atoms with Gasteiger partial charge in [0, 0.05) is 86.8 Å². The Hall–Kier alpha value is -2.24. The minimum atomic E-state index is -0.778. The molecule has 0 atom stereocenters. The number of hydrogen-bond acceptors (Lipinski definition) is 5. The zero-order valence-corrected chi connectivity index (χ0v) is 18.6. The molecule has 0 aliphatic carbocycles. The molecule has 4 rings (SSSR count). The van der Waals surface area contributed by atoms with Gasteiger partial charge < -0.3 is 5.11 Å². The van der Waals surface area contributed by atoms with E-state index in [0.29, 0.717) is 22.5 Å². The summed E-state index contributed by atoms with van der Waals surface area (Å²) in [4.78, 5) is 14.7. The van der Waals surface area contributed by atoms with Gasteiger partial charge in [-0.3, -0.25) is 10.1 Å². The molecule has 0 saturated heterocycles. The fourth-order valence-electron chi connectivity index (χ4n) is 3.02. The third kappa shape index (κ3) is 3.94. The number of nitrogens with zero attached hydrogens (tertiary/aromatic N) is 4. The van der Waals surface area contributed by atoms with Crippen LogP contribution in [0.3, 0.4) is 0 Å². The molecule has 0 unspecified atom stereocenters. The smallest absolute Gasteiger partial charge is 0.269 e. The van der Waals surface area contributed by atoms with Crippen molar-refractivity contribution in [1.29, 1.82) is 0 Å². The van der Waals surface area contributed by atoms with E-state index in [4.69, 9.17) is 0 Å². The van der Waals surface area contributed by atoms with Gasteiger partial charge in [0.25, 0.3) is 5.69 Å². The van der Waals surface area contributed by atoms with Crippen molar-refractivity contribution in [2.45, 2.75) is 6.92 Å². The van der Waals surface area contributed by atoms with Crippen molar-refractivity contribution in [3.05, 3.63) is 76.0 Å². The van der Waals surface area contributed by atoms with Crippen LogP contribution < -0.4 is 0 Å². The Labute approximate surface area is 205 Å². The molecular weight excluding hydrogens is 409 g/mol. The molecule has 29 heavy (non-hydrogen) atoms. The number of aromatic nitrogens is 3. The molecule has 141 valence electrons. The number of fused-ring (bicyclic) bond motifs is 1. The first kappa shape index (κ1) is 21.5. The van der Waals surface area contributed by atoms with Crippen molar-refractivity contribution >= 4 is 62.7 Å². The first-order chi connectivity index (χ1) is 13.3. The van der Waals surface area contributed by atoms with Crippen LogP contribution in [0.5, 0.6) is 5.88 Å². The maximum atomic E-state index is 14.3. The Kier molecular flexibility index (Phi) is 6.10. The summed E-state index contributed by atoms with van der Waals surface area (Å²) in [6.45, 7) is 1.62.